The van der Waals surface area contributed by atoms with Crippen molar-refractivity contribution in [3.63, 3.8) is 0 Å². The van der Waals surface area contributed by atoms with Gasteiger partial charge in [0.1, 0.15) is 19.0 Å². The minimum absolute atomic E-state index is 0.357. The molecule has 3 aromatic rings. The van der Waals surface area contributed by atoms with E-state index in [1.807, 2.05) is 43.3 Å². The van der Waals surface area contributed by atoms with E-state index >= 15 is 0 Å². The Bertz CT molecular complexity index is 1260. The third-order valence-corrected chi connectivity index (χ3v) is 6.32. The van der Waals surface area contributed by atoms with Crippen molar-refractivity contribution in [2.24, 2.45) is 5.16 Å². The van der Waals surface area contributed by atoms with Crippen LogP contribution in [0, 0.1) is 6.92 Å². The quantitative estimate of drug-likeness (QED) is 0.329. The third kappa shape index (κ3) is 6.80. The summed E-state index contributed by atoms with van der Waals surface area (Å²) in [7, 11) is 1.55. The van der Waals surface area contributed by atoms with Crippen molar-refractivity contribution >= 4 is 46.4 Å². The predicted molar refractivity (Wildman–Crippen MR) is 148 cm³/mol. The SMILES string of the molecule is CON=C1CCCCN1c1ccc(NC(=O)C(NC(=O)Nc2ccc(Cl)cc2)c2ccccc2)cc1C. The molecule has 0 spiro atoms. The highest BCUT2D eigenvalue weighted by Gasteiger charge is 2.24. The van der Waals surface area contributed by atoms with E-state index in [4.69, 9.17) is 16.4 Å². The lowest BCUT2D eigenvalue weighted by molar-refractivity contribution is -0.118. The van der Waals surface area contributed by atoms with Gasteiger partial charge < -0.3 is 25.7 Å². The van der Waals surface area contributed by atoms with Gasteiger partial charge in [0.2, 0.25) is 0 Å². The number of nitrogens with zero attached hydrogens (tertiary/aromatic N) is 2. The van der Waals surface area contributed by atoms with Crippen molar-refractivity contribution < 1.29 is 14.4 Å². The third-order valence-electron chi connectivity index (χ3n) is 6.07. The second-order valence-electron chi connectivity index (χ2n) is 8.74. The maximum Gasteiger partial charge on any atom is 0.320 e. The molecular weight excluding hydrogens is 490 g/mol. The fourth-order valence-corrected chi connectivity index (χ4v) is 4.43. The zero-order valence-corrected chi connectivity index (χ0v) is 21.6. The Morgan fingerprint density at radius 3 is 2.41 bits per heavy atom. The molecular formula is C28H30ClN5O3. The van der Waals surface area contributed by atoms with Crippen LogP contribution in [-0.4, -0.2) is 31.4 Å². The molecule has 1 saturated heterocycles. The molecule has 1 aliphatic rings. The molecule has 0 aromatic heterocycles. The summed E-state index contributed by atoms with van der Waals surface area (Å²) in [5.41, 5.74) is 3.87. The molecule has 0 saturated carbocycles. The largest absolute Gasteiger partial charge is 0.398 e. The van der Waals surface area contributed by atoms with Crippen molar-refractivity contribution in [3.8, 4) is 0 Å². The van der Waals surface area contributed by atoms with E-state index in [9.17, 15) is 9.59 Å². The van der Waals surface area contributed by atoms with Crippen LogP contribution in [0.2, 0.25) is 5.02 Å². The molecule has 37 heavy (non-hydrogen) atoms. The van der Waals surface area contributed by atoms with E-state index in [1.165, 1.54) is 0 Å². The number of nitrogens with one attached hydrogen (secondary N) is 3. The molecule has 0 bridgehead atoms. The Kier molecular flexibility index (Phi) is 8.64. The molecule has 3 amide bonds. The van der Waals surface area contributed by atoms with Gasteiger partial charge in [0, 0.05) is 35.1 Å². The zero-order valence-electron chi connectivity index (χ0n) is 20.8. The first-order valence-electron chi connectivity index (χ1n) is 12.1. The number of anilines is 3. The molecule has 1 aliphatic heterocycles. The highest BCUT2D eigenvalue weighted by atomic mass is 35.5. The van der Waals surface area contributed by atoms with Gasteiger partial charge in [-0.25, -0.2) is 4.79 Å². The Labute approximate surface area is 221 Å². The average Bonchev–Trinajstić information content (AvgIpc) is 2.90. The van der Waals surface area contributed by atoms with Gasteiger partial charge in [-0.3, -0.25) is 4.79 Å². The summed E-state index contributed by atoms with van der Waals surface area (Å²) >= 11 is 5.92. The standard InChI is InChI=1S/C28H30ClN5O3/c1-19-18-23(15-16-24(19)34-17-7-6-10-25(34)33-37-2)30-27(35)26(20-8-4-3-5-9-20)32-28(36)31-22-13-11-21(29)12-14-22/h3-5,8-9,11-16,18,26H,6-7,10,17H2,1-2H3,(H,30,35)(H2,31,32,36). The van der Waals surface area contributed by atoms with Gasteiger partial charge in [0.25, 0.3) is 5.91 Å². The van der Waals surface area contributed by atoms with Crippen molar-refractivity contribution in [2.45, 2.75) is 32.2 Å². The lowest BCUT2D eigenvalue weighted by Gasteiger charge is -2.31. The van der Waals surface area contributed by atoms with Crippen LogP contribution in [0.25, 0.3) is 0 Å². The molecule has 8 nitrogen and oxygen atoms in total. The first kappa shape index (κ1) is 26.0. The number of aryl methyl sites for hydroxylation is 1. The summed E-state index contributed by atoms with van der Waals surface area (Å²) in [6.07, 6.45) is 3.00. The summed E-state index contributed by atoms with van der Waals surface area (Å²) in [4.78, 5) is 33.3. The molecule has 1 fully saturated rings. The van der Waals surface area contributed by atoms with Crippen LogP contribution in [0.5, 0.6) is 0 Å². The van der Waals surface area contributed by atoms with Crippen molar-refractivity contribution in [2.75, 3.05) is 29.2 Å². The Morgan fingerprint density at radius 1 is 0.973 bits per heavy atom. The minimum Gasteiger partial charge on any atom is -0.398 e. The lowest BCUT2D eigenvalue weighted by Crippen LogP contribution is -2.39. The van der Waals surface area contributed by atoms with E-state index in [2.05, 4.69) is 26.0 Å². The second-order valence-corrected chi connectivity index (χ2v) is 9.17. The van der Waals surface area contributed by atoms with Crippen LogP contribution in [0.3, 0.4) is 0 Å². The van der Waals surface area contributed by atoms with E-state index in [0.717, 1.165) is 42.9 Å². The van der Waals surface area contributed by atoms with Gasteiger partial charge in [-0.15, -0.1) is 0 Å². The Hall–Kier alpha value is -4.04. The zero-order chi connectivity index (χ0) is 26.2. The number of hydrogen-bond donors (Lipinski definition) is 3. The monoisotopic (exact) mass is 519 g/mol. The smallest absolute Gasteiger partial charge is 0.320 e. The summed E-state index contributed by atoms with van der Waals surface area (Å²) in [6, 6.07) is 20.2. The number of benzene rings is 3. The van der Waals surface area contributed by atoms with Gasteiger partial charge in [0.15, 0.2) is 0 Å². The van der Waals surface area contributed by atoms with E-state index in [-0.39, 0.29) is 5.91 Å². The fourth-order valence-electron chi connectivity index (χ4n) is 4.30. The van der Waals surface area contributed by atoms with Gasteiger partial charge >= 0.3 is 6.03 Å². The van der Waals surface area contributed by atoms with Crippen LogP contribution in [0.15, 0.2) is 78.0 Å². The maximum atomic E-state index is 13.4. The normalized spacial score (nSPS) is 15.1. The number of hydrogen-bond acceptors (Lipinski definition) is 4. The molecule has 3 aromatic carbocycles. The number of piperidine rings is 1. The Balaban J connectivity index is 1.50. The van der Waals surface area contributed by atoms with Crippen molar-refractivity contribution in [3.05, 3.63) is 88.9 Å². The van der Waals surface area contributed by atoms with Gasteiger partial charge in [-0.05, 0) is 73.4 Å². The van der Waals surface area contributed by atoms with Crippen molar-refractivity contribution in [1.82, 2.24) is 5.32 Å². The summed E-state index contributed by atoms with van der Waals surface area (Å²) in [5, 5.41) is 13.2. The molecule has 192 valence electrons. The second kappa shape index (κ2) is 12.3. The molecule has 0 radical (unpaired) electrons. The number of oxime groups is 1. The van der Waals surface area contributed by atoms with Crippen molar-refractivity contribution in [1.29, 1.82) is 0 Å². The van der Waals surface area contributed by atoms with Crippen LogP contribution >= 0.6 is 11.6 Å². The number of amidine groups is 1. The molecule has 4 rings (SSSR count). The average molecular weight is 520 g/mol. The number of urea groups is 1. The summed E-state index contributed by atoms with van der Waals surface area (Å²) in [5.74, 6) is 0.540. The predicted octanol–water partition coefficient (Wildman–Crippen LogP) is 6.10. The lowest BCUT2D eigenvalue weighted by atomic mass is 10.0. The number of halogens is 1. The molecule has 3 N–H and O–H groups in total. The van der Waals surface area contributed by atoms with Gasteiger partial charge in [-0.1, -0.05) is 47.1 Å². The number of rotatable bonds is 7. The molecule has 9 heteroatoms. The highest BCUT2D eigenvalue weighted by Crippen LogP contribution is 2.28. The summed E-state index contributed by atoms with van der Waals surface area (Å²) in [6.45, 7) is 2.86. The summed E-state index contributed by atoms with van der Waals surface area (Å²) < 4.78 is 0. The number of amides is 3. The Morgan fingerprint density at radius 2 is 1.70 bits per heavy atom. The van der Waals surface area contributed by atoms with Crippen LogP contribution in [-0.2, 0) is 9.63 Å². The van der Waals surface area contributed by atoms with Gasteiger partial charge in [0.05, 0.1) is 0 Å². The minimum atomic E-state index is -0.906. The van der Waals surface area contributed by atoms with Crippen LogP contribution < -0.4 is 20.9 Å². The first-order chi connectivity index (χ1) is 17.9. The first-order valence-corrected chi connectivity index (χ1v) is 12.5. The van der Waals surface area contributed by atoms with Gasteiger partial charge in [-0.2, -0.15) is 0 Å². The molecule has 0 aliphatic carbocycles. The topological polar surface area (TPSA) is 95.1 Å². The van der Waals surface area contributed by atoms with Crippen LogP contribution in [0.1, 0.15) is 36.4 Å². The number of carbonyl (C=O) groups is 2. The van der Waals surface area contributed by atoms with E-state index in [1.54, 1.807) is 43.5 Å². The van der Waals surface area contributed by atoms with E-state index in [0.29, 0.717) is 22.0 Å². The number of carbonyl (C=O) groups excluding carboxylic acids is 2. The van der Waals surface area contributed by atoms with E-state index < -0.39 is 12.1 Å². The maximum absolute atomic E-state index is 13.4. The highest BCUT2D eigenvalue weighted by molar-refractivity contribution is 6.30. The molecule has 1 unspecified atom stereocenters. The molecule has 1 atom stereocenters. The fraction of sp³-hybridized carbons (Fsp3) is 0.250. The van der Waals surface area contributed by atoms with Crippen LogP contribution in [0.4, 0.5) is 21.9 Å². The molecule has 1 heterocycles.